The summed E-state index contributed by atoms with van der Waals surface area (Å²) in [5.41, 5.74) is 3.32. The summed E-state index contributed by atoms with van der Waals surface area (Å²) in [6, 6.07) is 12.6. The molecule has 0 aromatic heterocycles. The van der Waals surface area contributed by atoms with E-state index in [2.05, 4.69) is 15.8 Å². The molecule has 3 rings (SSSR count). The molecular weight excluding hydrogens is 436 g/mol. The van der Waals surface area contributed by atoms with Crippen molar-refractivity contribution < 1.29 is 27.5 Å². The number of benzene rings is 2. The minimum Gasteiger partial charge on any atom is -0.497 e. The van der Waals surface area contributed by atoms with Gasteiger partial charge in [-0.1, -0.05) is 0 Å². The van der Waals surface area contributed by atoms with Crippen molar-refractivity contribution >= 4 is 28.1 Å². The summed E-state index contributed by atoms with van der Waals surface area (Å²) in [6.07, 6.45) is 1.47. The van der Waals surface area contributed by atoms with Gasteiger partial charge in [-0.3, -0.25) is 9.59 Å². The molecule has 1 aliphatic heterocycles. The number of methoxy groups -OCH3 is 1. The van der Waals surface area contributed by atoms with E-state index in [1.165, 1.54) is 34.8 Å². The second-order valence-corrected chi connectivity index (χ2v) is 8.73. The van der Waals surface area contributed by atoms with Crippen LogP contribution in [0.3, 0.4) is 0 Å². The Morgan fingerprint density at radius 3 is 2.38 bits per heavy atom. The van der Waals surface area contributed by atoms with Gasteiger partial charge in [0.1, 0.15) is 5.75 Å². The van der Waals surface area contributed by atoms with Crippen LogP contribution in [-0.2, 0) is 19.6 Å². The molecule has 0 atom stereocenters. The molecule has 11 heteroatoms. The van der Waals surface area contributed by atoms with Crippen molar-refractivity contribution in [3.05, 3.63) is 59.7 Å². The first kappa shape index (κ1) is 23.4. The molecule has 0 spiro atoms. The van der Waals surface area contributed by atoms with Gasteiger partial charge in [-0.15, -0.1) is 0 Å². The van der Waals surface area contributed by atoms with Gasteiger partial charge in [-0.05, 0) is 54.1 Å². The number of nitrogens with one attached hydrogen (secondary N) is 2. The van der Waals surface area contributed by atoms with Crippen LogP contribution in [-0.4, -0.2) is 70.7 Å². The first-order valence-corrected chi connectivity index (χ1v) is 11.3. The van der Waals surface area contributed by atoms with Crippen LogP contribution in [0.2, 0.25) is 0 Å². The van der Waals surface area contributed by atoms with Gasteiger partial charge in [0.25, 0.3) is 11.8 Å². The Morgan fingerprint density at radius 2 is 1.75 bits per heavy atom. The van der Waals surface area contributed by atoms with E-state index in [1.807, 2.05) is 0 Å². The Kier molecular flexibility index (Phi) is 7.92. The summed E-state index contributed by atoms with van der Waals surface area (Å²) < 4.78 is 36.8. The Hall–Kier alpha value is -3.28. The van der Waals surface area contributed by atoms with Crippen molar-refractivity contribution in [3.8, 4) is 5.75 Å². The van der Waals surface area contributed by atoms with Crippen molar-refractivity contribution in [2.24, 2.45) is 5.10 Å². The molecule has 2 N–H and O–H groups in total. The maximum Gasteiger partial charge on any atom is 0.259 e. The van der Waals surface area contributed by atoms with E-state index in [1.54, 1.807) is 31.4 Å². The molecule has 0 radical (unpaired) electrons. The lowest BCUT2D eigenvalue weighted by molar-refractivity contribution is -0.120. The molecule has 0 unspecified atom stereocenters. The van der Waals surface area contributed by atoms with E-state index >= 15 is 0 Å². The number of carbonyl (C=O) groups is 2. The summed E-state index contributed by atoms with van der Waals surface area (Å²) in [6.45, 7) is 1.01. The van der Waals surface area contributed by atoms with Crippen LogP contribution in [0.4, 0.5) is 0 Å². The van der Waals surface area contributed by atoms with Crippen molar-refractivity contribution in [1.82, 2.24) is 15.0 Å². The van der Waals surface area contributed by atoms with Gasteiger partial charge in [-0.2, -0.15) is 9.41 Å². The third-order valence-electron chi connectivity index (χ3n) is 4.65. The molecule has 2 amide bonds. The van der Waals surface area contributed by atoms with Crippen LogP contribution in [0.15, 0.2) is 58.5 Å². The summed E-state index contributed by atoms with van der Waals surface area (Å²) >= 11 is 0. The van der Waals surface area contributed by atoms with E-state index in [0.717, 1.165) is 5.56 Å². The fraction of sp³-hybridized carbons (Fsp3) is 0.286. The SMILES string of the molecule is COc1ccc(/C=N/NC(=O)CNC(=O)c2ccc(S(=O)(=O)N3CCOCC3)cc2)cc1. The Morgan fingerprint density at radius 1 is 1.09 bits per heavy atom. The van der Waals surface area contributed by atoms with Gasteiger partial charge >= 0.3 is 0 Å². The average Bonchev–Trinajstić information content (AvgIpc) is 2.83. The largest absolute Gasteiger partial charge is 0.497 e. The zero-order valence-electron chi connectivity index (χ0n) is 17.5. The van der Waals surface area contributed by atoms with E-state index in [4.69, 9.17) is 9.47 Å². The van der Waals surface area contributed by atoms with Crippen molar-refractivity contribution in [1.29, 1.82) is 0 Å². The van der Waals surface area contributed by atoms with Crippen LogP contribution in [0, 0.1) is 0 Å². The highest BCUT2D eigenvalue weighted by Crippen LogP contribution is 2.17. The van der Waals surface area contributed by atoms with Gasteiger partial charge in [0, 0.05) is 18.7 Å². The average molecular weight is 461 g/mol. The monoisotopic (exact) mass is 460 g/mol. The molecule has 0 bridgehead atoms. The normalized spacial score (nSPS) is 14.8. The molecule has 2 aromatic carbocycles. The van der Waals surface area contributed by atoms with E-state index in [9.17, 15) is 18.0 Å². The van der Waals surface area contributed by atoms with Crippen molar-refractivity contribution in [2.45, 2.75) is 4.90 Å². The number of rotatable bonds is 8. The topological polar surface area (TPSA) is 126 Å². The Balaban J connectivity index is 1.48. The maximum absolute atomic E-state index is 12.6. The molecule has 2 aromatic rings. The number of amides is 2. The van der Waals surface area contributed by atoms with Gasteiger partial charge in [0.15, 0.2) is 0 Å². The summed E-state index contributed by atoms with van der Waals surface area (Å²) in [4.78, 5) is 24.2. The van der Waals surface area contributed by atoms with Gasteiger partial charge in [0.2, 0.25) is 10.0 Å². The third-order valence-corrected chi connectivity index (χ3v) is 6.57. The molecule has 170 valence electrons. The van der Waals surface area contributed by atoms with Crippen LogP contribution in [0.1, 0.15) is 15.9 Å². The number of carbonyl (C=O) groups excluding carboxylic acids is 2. The minimum absolute atomic E-state index is 0.0987. The zero-order chi connectivity index (χ0) is 23.0. The molecule has 0 aliphatic carbocycles. The molecule has 1 heterocycles. The third kappa shape index (κ3) is 6.13. The summed E-state index contributed by atoms with van der Waals surface area (Å²) in [5.74, 6) is -0.301. The predicted molar refractivity (Wildman–Crippen MR) is 117 cm³/mol. The second kappa shape index (κ2) is 10.8. The summed E-state index contributed by atoms with van der Waals surface area (Å²) in [5, 5.41) is 6.30. The quantitative estimate of drug-likeness (QED) is 0.439. The minimum atomic E-state index is -3.63. The second-order valence-electron chi connectivity index (χ2n) is 6.79. The van der Waals surface area contributed by atoms with Gasteiger partial charge < -0.3 is 14.8 Å². The predicted octanol–water partition coefficient (Wildman–Crippen LogP) is 0.596. The van der Waals surface area contributed by atoms with Gasteiger partial charge in [0.05, 0.1) is 38.0 Å². The highest BCUT2D eigenvalue weighted by Gasteiger charge is 2.26. The first-order chi connectivity index (χ1) is 15.4. The molecule has 0 saturated carbocycles. The Bertz CT molecular complexity index is 1060. The molecule has 10 nitrogen and oxygen atoms in total. The Labute approximate surface area is 186 Å². The number of hydrazone groups is 1. The van der Waals surface area contributed by atoms with Crippen LogP contribution in [0.25, 0.3) is 0 Å². The number of morpholine rings is 1. The first-order valence-electron chi connectivity index (χ1n) is 9.82. The standard InChI is InChI=1S/C21H24N4O6S/c1-30-18-6-2-16(3-7-18)14-23-24-20(26)15-22-21(27)17-4-8-19(9-5-17)32(28,29)25-10-12-31-13-11-25/h2-9,14H,10-13,15H2,1H3,(H,22,27)(H,24,26)/b23-14+. The van der Waals surface area contributed by atoms with E-state index in [0.29, 0.717) is 32.1 Å². The smallest absolute Gasteiger partial charge is 0.259 e. The molecule has 1 aliphatic rings. The van der Waals surface area contributed by atoms with Gasteiger partial charge in [-0.25, -0.2) is 13.8 Å². The fourth-order valence-corrected chi connectivity index (χ4v) is 4.29. The number of sulfonamides is 1. The lowest BCUT2D eigenvalue weighted by atomic mass is 10.2. The fourth-order valence-electron chi connectivity index (χ4n) is 2.89. The highest BCUT2D eigenvalue weighted by molar-refractivity contribution is 7.89. The van der Waals surface area contributed by atoms with Crippen LogP contribution < -0.4 is 15.5 Å². The number of hydrogen-bond acceptors (Lipinski definition) is 7. The molecular formula is C21H24N4O6S. The van der Waals surface area contributed by atoms with Crippen LogP contribution in [0.5, 0.6) is 5.75 Å². The number of hydrogen-bond donors (Lipinski definition) is 2. The van der Waals surface area contributed by atoms with E-state index < -0.39 is 21.8 Å². The molecule has 32 heavy (non-hydrogen) atoms. The maximum atomic E-state index is 12.6. The highest BCUT2D eigenvalue weighted by atomic mass is 32.2. The van der Waals surface area contributed by atoms with Crippen molar-refractivity contribution in [3.63, 3.8) is 0 Å². The van der Waals surface area contributed by atoms with E-state index in [-0.39, 0.29) is 17.0 Å². The number of nitrogens with zero attached hydrogens (tertiary/aromatic N) is 2. The lowest BCUT2D eigenvalue weighted by Gasteiger charge is -2.26. The van der Waals surface area contributed by atoms with Crippen LogP contribution >= 0.6 is 0 Å². The number of ether oxygens (including phenoxy) is 2. The summed E-state index contributed by atoms with van der Waals surface area (Å²) in [7, 11) is -2.06. The van der Waals surface area contributed by atoms with Crippen molar-refractivity contribution in [2.75, 3.05) is 40.0 Å². The zero-order valence-corrected chi connectivity index (χ0v) is 18.3. The lowest BCUT2D eigenvalue weighted by Crippen LogP contribution is -2.40. The molecule has 1 fully saturated rings. The molecule has 1 saturated heterocycles.